The summed E-state index contributed by atoms with van der Waals surface area (Å²) in [6, 6.07) is 12.7. The number of ether oxygens (including phenoxy) is 5. The van der Waals surface area contributed by atoms with Crippen LogP contribution in [0.25, 0.3) is 16.6 Å². The van der Waals surface area contributed by atoms with Gasteiger partial charge < -0.3 is 23.7 Å². The number of hydrogen-bond acceptors (Lipinski definition) is 9. The molecule has 0 fully saturated rings. The number of nitrogens with zero attached hydrogens (tertiary/aromatic N) is 2. The number of methoxy groups -OCH3 is 2. The smallest absolute Gasteiger partial charge is 0.331 e. The van der Waals surface area contributed by atoms with Gasteiger partial charge >= 0.3 is 5.97 Å². The van der Waals surface area contributed by atoms with Crippen molar-refractivity contribution < 1.29 is 28.5 Å². The third-order valence-corrected chi connectivity index (χ3v) is 5.46. The zero-order chi connectivity index (χ0) is 24.3. The van der Waals surface area contributed by atoms with Gasteiger partial charge in [-0.05, 0) is 48.9 Å². The molecule has 0 aliphatic rings. The lowest BCUT2D eigenvalue weighted by atomic mass is 10.2. The Labute approximate surface area is 201 Å². The summed E-state index contributed by atoms with van der Waals surface area (Å²) in [4.78, 5) is 16.7. The minimum Gasteiger partial charge on any atom is -0.493 e. The van der Waals surface area contributed by atoms with Crippen LogP contribution >= 0.6 is 11.3 Å². The molecule has 2 aromatic carbocycles. The van der Waals surface area contributed by atoms with Gasteiger partial charge in [0.05, 0.1) is 26.5 Å². The summed E-state index contributed by atoms with van der Waals surface area (Å²) < 4.78 is 26.8. The first kappa shape index (κ1) is 24.6. The first-order valence-corrected chi connectivity index (χ1v) is 11.2. The van der Waals surface area contributed by atoms with Gasteiger partial charge in [0.15, 0.2) is 29.6 Å². The lowest BCUT2D eigenvalue weighted by Crippen LogP contribution is -2.01. The van der Waals surface area contributed by atoms with Crippen LogP contribution in [0.2, 0.25) is 0 Å². The molecule has 0 saturated heterocycles. The molecule has 0 N–H and O–H groups in total. The minimum absolute atomic E-state index is 0.0537. The maximum atomic E-state index is 12.2. The summed E-state index contributed by atoms with van der Waals surface area (Å²) in [7, 11) is 3.09. The molecule has 0 radical (unpaired) electrons. The topological polar surface area (TPSA) is 99.9 Å². The van der Waals surface area contributed by atoms with Crippen molar-refractivity contribution >= 4 is 23.4 Å². The van der Waals surface area contributed by atoms with Crippen LogP contribution in [0.1, 0.15) is 18.2 Å². The van der Waals surface area contributed by atoms with Crippen molar-refractivity contribution in [3.05, 3.63) is 59.1 Å². The molecule has 0 amide bonds. The summed E-state index contributed by atoms with van der Waals surface area (Å²) in [5.41, 5.74) is 2.26. The van der Waals surface area contributed by atoms with E-state index in [0.717, 1.165) is 16.1 Å². The van der Waals surface area contributed by atoms with E-state index in [4.69, 9.17) is 28.9 Å². The number of aromatic nitrogens is 1. The lowest BCUT2D eigenvalue weighted by Gasteiger charge is -2.09. The predicted octanol–water partition coefficient (Wildman–Crippen LogP) is 4.88. The highest BCUT2D eigenvalue weighted by Gasteiger charge is 2.11. The molecule has 0 atom stereocenters. The van der Waals surface area contributed by atoms with E-state index < -0.39 is 5.97 Å². The molecule has 0 saturated carbocycles. The summed E-state index contributed by atoms with van der Waals surface area (Å²) in [5.74, 6) is 1.73. The normalized spacial score (nSPS) is 10.5. The number of carbonyl (C=O) groups is 1. The Bertz CT molecular complexity index is 1200. The van der Waals surface area contributed by atoms with Crippen molar-refractivity contribution in [3.63, 3.8) is 0 Å². The van der Waals surface area contributed by atoms with E-state index >= 15 is 0 Å². The van der Waals surface area contributed by atoms with E-state index in [1.54, 1.807) is 31.4 Å². The van der Waals surface area contributed by atoms with E-state index in [9.17, 15) is 4.79 Å². The summed E-state index contributed by atoms with van der Waals surface area (Å²) in [5, 5.41) is 11.3. The van der Waals surface area contributed by atoms with Crippen molar-refractivity contribution in [2.24, 2.45) is 0 Å². The molecule has 1 aromatic heterocycles. The fourth-order valence-corrected chi connectivity index (χ4v) is 3.76. The van der Waals surface area contributed by atoms with E-state index in [1.807, 2.05) is 36.6 Å². The van der Waals surface area contributed by atoms with Crippen LogP contribution in [0, 0.1) is 11.3 Å². The van der Waals surface area contributed by atoms with Crippen LogP contribution in [-0.4, -0.2) is 38.4 Å². The summed E-state index contributed by atoms with van der Waals surface area (Å²) in [6.45, 7) is 2.43. The first-order valence-electron chi connectivity index (χ1n) is 10.4. The Balaban J connectivity index is 1.59. The Kier molecular flexibility index (Phi) is 8.88. The molecule has 1 heterocycles. The zero-order valence-corrected chi connectivity index (χ0v) is 19.9. The van der Waals surface area contributed by atoms with Crippen LogP contribution in [-0.2, 0) is 16.1 Å². The van der Waals surface area contributed by atoms with Crippen LogP contribution in [0.5, 0.6) is 23.0 Å². The third-order valence-electron chi connectivity index (χ3n) is 4.52. The van der Waals surface area contributed by atoms with Gasteiger partial charge in [0.25, 0.3) is 0 Å². The van der Waals surface area contributed by atoms with E-state index in [2.05, 4.69) is 4.98 Å². The molecule has 8 nitrogen and oxygen atoms in total. The van der Waals surface area contributed by atoms with Gasteiger partial charge in [0.2, 0.25) is 0 Å². The fraction of sp³-hybridized carbons (Fsp3) is 0.240. The molecule has 0 aliphatic heterocycles. The van der Waals surface area contributed by atoms with Gasteiger partial charge in [-0.1, -0.05) is 6.07 Å². The monoisotopic (exact) mass is 480 g/mol. The number of benzene rings is 2. The molecular formula is C25H24N2O6S. The van der Waals surface area contributed by atoms with Gasteiger partial charge in [-0.2, -0.15) is 5.26 Å². The maximum absolute atomic E-state index is 12.2. The number of hydrogen-bond donors (Lipinski definition) is 0. The number of esters is 1. The number of thiazole rings is 1. The Morgan fingerprint density at radius 1 is 1.06 bits per heavy atom. The van der Waals surface area contributed by atoms with E-state index in [1.165, 1.54) is 24.5 Å². The molecule has 34 heavy (non-hydrogen) atoms. The molecule has 0 spiro atoms. The standard InChI is InChI=1S/C25H24N2O6S/c1-4-31-20-9-7-18(14-23(20)30-3)25-27-19(16-34-25)15-33-24(28)10-6-17-5-8-21(32-12-11-26)22(13-17)29-2/h5-10,13-14,16H,4,12,15H2,1-3H3/b10-6-. The predicted molar refractivity (Wildman–Crippen MR) is 128 cm³/mol. The molecule has 9 heteroatoms. The fourth-order valence-electron chi connectivity index (χ4n) is 2.96. The number of carbonyl (C=O) groups excluding carboxylic acids is 1. The largest absolute Gasteiger partial charge is 0.493 e. The van der Waals surface area contributed by atoms with E-state index in [-0.39, 0.29) is 13.2 Å². The Morgan fingerprint density at radius 3 is 2.53 bits per heavy atom. The quantitative estimate of drug-likeness (QED) is 0.283. The molecular weight excluding hydrogens is 456 g/mol. The van der Waals surface area contributed by atoms with E-state index in [0.29, 0.717) is 35.3 Å². The van der Waals surface area contributed by atoms with Gasteiger partial charge in [-0.25, -0.2) is 9.78 Å². The van der Waals surface area contributed by atoms with Crippen molar-refractivity contribution in [2.75, 3.05) is 27.4 Å². The highest BCUT2D eigenvalue weighted by molar-refractivity contribution is 7.13. The SMILES string of the molecule is CCOc1ccc(-c2nc(COC(=O)/C=C\c3ccc(OCC#N)c(OC)c3)cs2)cc1OC. The molecule has 3 rings (SSSR count). The average Bonchev–Trinajstić information content (AvgIpc) is 3.34. The first-order chi connectivity index (χ1) is 16.6. The molecule has 176 valence electrons. The zero-order valence-electron chi connectivity index (χ0n) is 19.1. The van der Waals surface area contributed by atoms with Crippen LogP contribution in [0.4, 0.5) is 0 Å². The maximum Gasteiger partial charge on any atom is 0.331 e. The van der Waals surface area contributed by atoms with Gasteiger partial charge in [0.1, 0.15) is 17.7 Å². The molecule has 0 bridgehead atoms. The van der Waals surface area contributed by atoms with Crippen molar-refractivity contribution in [2.45, 2.75) is 13.5 Å². The number of rotatable bonds is 11. The van der Waals surface area contributed by atoms with Crippen LogP contribution in [0.3, 0.4) is 0 Å². The average molecular weight is 481 g/mol. The number of nitriles is 1. The van der Waals surface area contributed by atoms with Crippen molar-refractivity contribution in [3.8, 4) is 39.6 Å². The highest BCUT2D eigenvalue weighted by atomic mass is 32.1. The summed E-state index contributed by atoms with van der Waals surface area (Å²) >= 11 is 1.45. The van der Waals surface area contributed by atoms with Gasteiger partial charge in [-0.15, -0.1) is 11.3 Å². The summed E-state index contributed by atoms with van der Waals surface area (Å²) in [6.07, 6.45) is 2.94. The minimum atomic E-state index is -0.499. The lowest BCUT2D eigenvalue weighted by molar-refractivity contribution is -0.139. The highest BCUT2D eigenvalue weighted by Crippen LogP contribution is 2.34. The van der Waals surface area contributed by atoms with Crippen LogP contribution in [0.15, 0.2) is 47.9 Å². The van der Waals surface area contributed by atoms with Crippen LogP contribution < -0.4 is 18.9 Å². The molecule has 0 aliphatic carbocycles. The Morgan fingerprint density at radius 2 is 1.79 bits per heavy atom. The molecule has 3 aromatic rings. The second-order valence-corrected chi connectivity index (χ2v) is 7.60. The second-order valence-electron chi connectivity index (χ2n) is 6.74. The second kappa shape index (κ2) is 12.3. The Hall–Kier alpha value is -4.03. The van der Waals surface area contributed by atoms with Crippen molar-refractivity contribution in [1.82, 2.24) is 4.98 Å². The van der Waals surface area contributed by atoms with Crippen molar-refractivity contribution in [1.29, 1.82) is 5.26 Å². The molecule has 0 unspecified atom stereocenters. The van der Waals surface area contributed by atoms with Gasteiger partial charge in [0, 0.05) is 17.0 Å². The third kappa shape index (κ3) is 6.49. The van der Waals surface area contributed by atoms with Gasteiger partial charge in [-0.3, -0.25) is 0 Å².